The highest BCUT2D eigenvalue weighted by atomic mass is 19.2. The monoisotopic (exact) mass is 330 g/mol. The number of rotatable bonds is 5. The second-order valence-corrected chi connectivity index (χ2v) is 6.69. The Hall–Kier alpha value is -2.08. The quantitative estimate of drug-likeness (QED) is 0.913. The Bertz CT molecular complexity index is 733. The highest BCUT2D eigenvalue weighted by Gasteiger charge is 2.27. The number of hydrogen-bond acceptors (Lipinski definition) is 4. The number of likely N-dealkylation sites (tertiary alicyclic amines) is 1. The molecule has 1 aromatic carbocycles. The summed E-state index contributed by atoms with van der Waals surface area (Å²) >= 11 is 0. The number of nitrogens with zero attached hydrogens (tertiary/aromatic N) is 3. The van der Waals surface area contributed by atoms with Gasteiger partial charge >= 0.3 is 0 Å². The molecule has 1 aromatic heterocycles. The summed E-state index contributed by atoms with van der Waals surface area (Å²) in [4.78, 5) is 11.2. The van der Waals surface area contributed by atoms with Gasteiger partial charge in [-0.1, -0.05) is 6.07 Å². The molecule has 0 spiro atoms. The summed E-state index contributed by atoms with van der Waals surface area (Å²) in [5, 5.41) is 3.47. The zero-order valence-corrected chi connectivity index (χ0v) is 13.4. The second kappa shape index (κ2) is 6.43. The first-order valence-electron chi connectivity index (χ1n) is 8.43. The lowest BCUT2D eigenvalue weighted by atomic mass is 10.2. The first-order chi connectivity index (χ1) is 11.7. The molecule has 4 nitrogen and oxygen atoms in total. The summed E-state index contributed by atoms with van der Waals surface area (Å²) in [5.74, 6) is 0.785. The summed E-state index contributed by atoms with van der Waals surface area (Å²) in [6, 6.07) is 6.34. The van der Waals surface area contributed by atoms with Crippen LogP contribution in [-0.4, -0.2) is 34.0 Å². The maximum atomic E-state index is 13.3. The lowest BCUT2D eigenvalue weighted by Gasteiger charge is -2.17. The van der Waals surface area contributed by atoms with Crippen molar-refractivity contribution >= 4 is 5.82 Å². The molecule has 6 heteroatoms. The van der Waals surface area contributed by atoms with Crippen molar-refractivity contribution in [3.05, 3.63) is 53.5 Å². The molecule has 1 saturated carbocycles. The zero-order chi connectivity index (χ0) is 16.5. The minimum atomic E-state index is -0.796. The van der Waals surface area contributed by atoms with E-state index in [2.05, 4.69) is 20.2 Å². The number of nitrogens with one attached hydrogen (secondary N) is 1. The average molecular weight is 330 g/mol. The van der Waals surface area contributed by atoms with Crippen LogP contribution < -0.4 is 5.32 Å². The average Bonchev–Trinajstić information content (AvgIpc) is 3.34. The van der Waals surface area contributed by atoms with Crippen LogP contribution in [0.2, 0.25) is 0 Å². The summed E-state index contributed by atoms with van der Waals surface area (Å²) in [6.07, 6.45) is 5.20. The molecule has 126 valence electrons. The smallest absolute Gasteiger partial charge is 0.159 e. The predicted molar refractivity (Wildman–Crippen MR) is 87.7 cm³/mol. The van der Waals surface area contributed by atoms with Crippen LogP contribution in [0.15, 0.2) is 30.5 Å². The van der Waals surface area contributed by atoms with Gasteiger partial charge in [-0.3, -0.25) is 4.90 Å². The fourth-order valence-corrected chi connectivity index (χ4v) is 3.19. The molecule has 1 unspecified atom stereocenters. The molecular weight excluding hydrogens is 310 g/mol. The van der Waals surface area contributed by atoms with E-state index >= 15 is 0 Å². The molecule has 2 fully saturated rings. The van der Waals surface area contributed by atoms with Crippen molar-refractivity contribution in [3.63, 3.8) is 0 Å². The Morgan fingerprint density at radius 3 is 2.79 bits per heavy atom. The van der Waals surface area contributed by atoms with Crippen LogP contribution >= 0.6 is 0 Å². The maximum absolute atomic E-state index is 13.3. The number of anilines is 1. The fraction of sp³-hybridized carbons (Fsp3) is 0.444. The van der Waals surface area contributed by atoms with Crippen molar-refractivity contribution in [3.8, 4) is 0 Å². The standard InChI is InChI=1S/C18H20F2N4/c19-15-4-1-12(9-16(15)20)10-24-8-6-14(11-24)22-17-5-7-21-18(23-17)13-2-3-13/h1,4-5,7,9,13-14H,2-3,6,8,10-11H2,(H,21,22,23). The summed E-state index contributed by atoms with van der Waals surface area (Å²) < 4.78 is 26.3. The van der Waals surface area contributed by atoms with Crippen molar-refractivity contribution in [2.45, 2.75) is 37.8 Å². The number of hydrogen-bond donors (Lipinski definition) is 1. The van der Waals surface area contributed by atoms with Gasteiger partial charge in [0.2, 0.25) is 0 Å². The van der Waals surface area contributed by atoms with E-state index in [1.54, 1.807) is 6.07 Å². The number of halogens is 2. The largest absolute Gasteiger partial charge is 0.366 e. The van der Waals surface area contributed by atoms with E-state index in [9.17, 15) is 8.78 Å². The molecule has 1 aliphatic heterocycles. The fourth-order valence-electron chi connectivity index (χ4n) is 3.19. The van der Waals surface area contributed by atoms with E-state index in [1.165, 1.54) is 25.0 Å². The Morgan fingerprint density at radius 2 is 2.00 bits per heavy atom. The van der Waals surface area contributed by atoms with Gasteiger partial charge in [-0.15, -0.1) is 0 Å². The molecule has 4 rings (SSSR count). The van der Waals surface area contributed by atoms with Gasteiger partial charge in [0.15, 0.2) is 11.6 Å². The molecule has 1 atom stereocenters. The van der Waals surface area contributed by atoms with E-state index in [4.69, 9.17) is 0 Å². The predicted octanol–water partition coefficient (Wildman–Crippen LogP) is 3.32. The van der Waals surface area contributed by atoms with Crippen molar-refractivity contribution in [1.29, 1.82) is 0 Å². The third-order valence-electron chi connectivity index (χ3n) is 4.63. The van der Waals surface area contributed by atoms with Crippen LogP contribution in [0.3, 0.4) is 0 Å². The van der Waals surface area contributed by atoms with E-state index < -0.39 is 11.6 Å². The summed E-state index contributed by atoms with van der Waals surface area (Å²) in [7, 11) is 0. The molecule has 2 aromatic rings. The molecule has 1 aliphatic carbocycles. The minimum absolute atomic E-state index is 0.317. The molecule has 1 N–H and O–H groups in total. The molecule has 1 saturated heterocycles. The number of aromatic nitrogens is 2. The molecule has 0 radical (unpaired) electrons. The van der Waals surface area contributed by atoms with Gasteiger partial charge in [-0.05, 0) is 43.0 Å². The molecule has 2 heterocycles. The Labute approximate surface area is 139 Å². The summed E-state index contributed by atoms with van der Waals surface area (Å²) in [6.45, 7) is 2.42. The van der Waals surface area contributed by atoms with Gasteiger partial charge in [0.1, 0.15) is 11.6 Å². The molecule has 2 aliphatic rings. The Balaban J connectivity index is 1.34. The molecule has 0 bridgehead atoms. The van der Waals surface area contributed by atoms with Crippen molar-refractivity contribution in [1.82, 2.24) is 14.9 Å². The van der Waals surface area contributed by atoms with E-state index in [0.29, 0.717) is 18.5 Å². The maximum Gasteiger partial charge on any atom is 0.159 e. The zero-order valence-electron chi connectivity index (χ0n) is 13.4. The highest BCUT2D eigenvalue weighted by Crippen LogP contribution is 2.38. The molecule has 0 amide bonds. The second-order valence-electron chi connectivity index (χ2n) is 6.69. The third-order valence-corrected chi connectivity index (χ3v) is 4.63. The van der Waals surface area contributed by atoms with Crippen molar-refractivity contribution in [2.75, 3.05) is 18.4 Å². The lowest BCUT2D eigenvalue weighted by molar-refractivity contribution is 0.327. The Kier molecular flexibility index (Phi) is 4.14. The summed E-state index contributed by atoms with van der Waals surface area (Å²) in [5.41, 5.74) is 0.799. The molecular formula is C18H20F2N4. The van der Waals surface area contributed by atoms with E-state index in [-0.39, 0.29) is 0 Å². The SMILES string of the molecule is Fc1ccc(CN2CCC(Nc3ccnc(C4CC4)n3)C2)cc1F. The number of benzene rings is 1. The van der Waals surface area contributed by atoms with Gasteiger partial charge in [0.05, 0.1) is 0 Å². The van der Waals surface area contributed by atoms with Crippen molar-refractivity contribution < 1.29 is 8.78 Å². The van der Waals surface area contributed by atoms with Gasteiger partial charge in [-0.25, -0.2) is 18.7 Å². The van der Waals surface area contributed by atoms with Gasteiger partial charge < -0.3 is 5.32 Å². The van der Waals surface area contributed by atoms with Crippen LogP contribution in [0.5, 0.6) is 0 Å². The highest BCUT2D eigenvalue weighted by molar-refractivity contribution is 5.35. The van der Waals surface area contributed by atoms with Crippen LogP contribution in [0.1, 0.15) is 36.6 Å². The van der Waals surface area contributed by atoms with Gasteiger partial charge in [0.25, 0.3) is 0 Å². The van der Waals surface area contributed by atoms with E-state index in [0.717, 1.165) is 36.7 Å². The first-order valence-corrected chi connectivity index (χ1v) is 8.43. The van der Waals surface area contributed by atoms with Crippen LogP contribution in [0.4, 0.5) is 14.6 Å². The van der Waals surface area contributed by atoms with Crippen molar-refractivity contribution in [2.24, 2.45) is 0 Å². The normalized spacial score (nSPS) is 21.2. The van der Waals surface area contributed by atoms with E-state index in [1.807, 2.05) is 12.3 Å². The third kappa shape index (κ3) is 3.53. The van der Waals surface area contributed by atoms with Crippen LogP contribution in [-0.2, 0) is 6.54 Å². The first kappa shape index (κ1) is 15.4. The minimum Gasteiger partial charge on any atom is -0.366 e. The van der Waals surface area contributed by atoms with Gasteiger partial charge in [0, 0.05) is 37.8 Å². The molecule has 24 heavy (non-hydrogen) atoms. The Morgan fingerprint density at radius 1 is 1.12 bits per heavy atom. The van der Waals surface area contributed by atoms with Crippen LogP contribution in [0, 0.1) is 11.6 Å². The topological polar surface area (TPSA) is 41.0 Å². The van der Waals surface area contributed by atoms with Gasteiger partial charge in [-0.2, -0.15) is 0 Å². The van der Waals surface area contributed by atoms with Crippen LogP contribution in [0.25, 0.3) is 0 Å². The lowest BCUT2D eigenvalue weighted by Crippen LogP contribution is -2.26.